The maximum absolute atomic E-state index is 13.5. The smallest absolute Gasteiger partial charge is 0.265 e. The first-order chi connectivity index (χ1) is 17.0. The molecule has 0 aliphatic rings. The molecule has 4 rings (SSSR count). The van der Waals surface area contributed by atoms with Crippen molar-refractivity contribution in [1.82, 2.24) is 14.9 Å². The molecule has 4 aromatic rings. The zero-order chi connectivity index (χ0) is 24.8. The summed E-state index contributed by atoms with van der Waals surface area (Å²) in [6.45, 7) is 1.74. The summed E-state index contributed by atoms with van der Waals surface area (Å²) in [4.78, 5) is 30.3. The average molecular weight is 490 g/mol. The number of carbonyl (C=O) groups excluding carboxylic acids is 1. The molecule has 0 fully saturated rings. The van der Waals surface area contributed by atoms with Gasteiger partial charge in [0, 0.05) is 0 Å². The fourth-order valence-electron chi connectivity index (χ4n) is 3.73. The van der Waals surface area contributed by atoms with Crippen molar-refractivity contribution in [3.8, 4) is 11.6 Å². The highest BCUT2D eigenvalue weighted by Crippen LogP contribution is 2.25. The highest BCUT2D eigenvalue weighted by Gasteiger charge is 2.20. The van der Waals surface area contributed by atoms with Crippen LogP contribution in [0.25, 0.3) is 5.69 Å². The molecule has 1 amide bonds. The number of thioether (sulfide) groups is 1. The lowest BCUT2D eigenvalue weighted by molar-refractivity contribution is -0.119. The van der Waals surface area contributed by atoms with Crippen molar-refractivity contribution in [1.29, 1.82) is 0 Å². The predicted molar refractivity (Wildman–Crippen MR) is 134 cm³/mol. The van der Waals surface area contributed by atoms with E-state index in [4.69, 9.17) is 0 Å². The lowest BCUT2D eigenvalue weighted by Crippen LogP contribution is -2.31. The van der Waals surface area contributed by atoms with E-state index in [-0.39, 0.29) is 40.7 Å². The van der Waals surface area contributed by atoms with Crippen molar-refractivity contribution >= 4 is 17.7 Å². The molecular formula is C27H24FN3O3S. The largest absolute Gasteiger partial charge is 0.493 e. The number of amides is 1. The van der Waals surface area contributed by atoms with Gasteiger partial charge in [-0.2, -0.15) is 4.98 Å². The summed E-state index contributed by atoms with van der Waals surface area (Å²) >= 11 is 1.02. The maximum atomic E-state index is 13.5. The summed E-state index contributed by atoms with van der Waals surface area (Å²) in [5.41, 5.74) is 1.96. The number of hydrogen-bond acceptors (Lipinski definition) is 5. The lowest BCUT2D eigenvalue weighted by atomic mass is 9.99. The molecule has 0 unspecified atom stereocenters. The van der Waals surface area contributed by atoms with Crippen LogP contribution in [-0.4, -0.2) is 26.3 Å². The van der Waals surface area contributed by atoms with Crippen LogP contribution in [-0.2, 0) is 11.2 Å². The van der Waals surface area contributed by atoms with Crippen molar-refractivity contribution in [2.24, 2.45) is 0 Å². The van der Waals surface area contributed by atoms with Gasteiger partial charge in [-0.3, -0.25) is 14.2 Å². The van der Waals surface area contributed by atoms with Gasteiger partial charge in [-0.15, -0.1) is 0 Å². The van der Waals surface area contributed by atoms with E-state index < -0.39 is 11.4 Å². The molecule has 0 bridgehead atoms. The quantitative estimate of drug-likeness (QED) is 0.278. The van der Waals surface area contributed by atoms with Gasteiger partial charge in [0.2, 0.25) is 11.8 Å². The van der Waals surface area contributed by atoms with Crippen LogP contribution in [0, 0.1) is 5.82 Å². The fourth-order valence-corrected chi connectivity index (χ4v) is 4.54. The first kappa shape index (κ1) is 24.2. The summed E-state index contributed by atoms with van der Waals surface area (Å²) in [5.74, 6) is -1.13. The average Bonchev–Trinajstić information content (AvgIpc) is 2.88. The van der Waals surface area contributed by atoms with Crippen LogP contribution in [0.2, 0.25) is 0 Å². The van der Waals surface area contributed by atoms with Crippen LogP contribution in [0.4, 0.5) is 4.39 Å². The summed E-state index contributed by atoms with van der Waals surface area (Å²) in [7, 11) is 0. The molecule has 1 aromatic heterocycles. The van der Waals surface area contributed by atoms with Gasteiger partial charge in [-0.25, -0.2) is 4.39 Å². The molecule has 0 aliphatic heterocycles. The minimum atomic E-state index is -0.457. The second kappa shape index (κ2) is 11.0. The second-order valence-corrected chi connectivity index (χ2v) is 8.72. The predicted octanol–water partition coefficient (Wildman–Crippen LogP) is 4.64. The number of halogens is 1. The molecule has 1 heterocycles. The Morgan fingerprint density at radius 3 is 2.11 bits per heavy atom. The zero-order valence-electron chi connectivity index (χ0n) is 19.0. The first-order valence-corrected chi connectivity index (χ1v) is 12.1. The highest BCUT2D eigenvalue weighted by atomic mass is 32.2. The first-order valence-electron chi connectivity index (χ1n) is 11.1. The Labute approximate surface area is 206 Å². The van der Waals surface area contributed by atoms with Crippen LogP contribution in [0.3, 0.4) is 0 Å². The number of rotatable bonds is 8. The topological polar surface area (TPSA) is 84.2 Å². The van der Waals surface area contributed by atoms with Gasteiger partial charge in [0.15, 0.2) is 5.16 Å². The van der Waals surface area contributed by atoms with Gasteiger partial charge in [0.1, 0.15) is 5.82 Å². The minimum absolute atomic E-state index is 0.0469. The lowest BCUT2D eigenvalue weighted by Gasteiger charge is -2.20. The number of carbonyl (C=O) groups is 1. The monoisotopic (exact) mass is 489 g/mol. The van der Waals surface area contributed by atoms with Gasteiger partial charge < -0.3 is 10.4 Å². The van der Waals surface area contributed by atoms with Crippen molar-refractivity contribution in [2.45, 2.75) is 24.5 Å². The minimum Gasteiger partial charge on any atom is -0.493 e. The molecule has 3 aromatic carbocycles. The van der Waals surface area contributed by atoms with E-state index in [1.54, 1.807) is 6.92 Å². The Kier molecular flexibility index (Phi) is 7.62. The summed E-state index contributed by atoms with van der Waals surface area (Å²) in [6.07, 6.45) is 0.278. The van der Waals surface area contributed by atoms with E-state index in [9.17, 15) is 19.1 Å². The molecular weight excluding hydrogens is 465 g/mol. The van der Waals surface area contributed by atoms with Gasteiger partial charge in [0.05, 0.1) is 23.0 Å². The van der Waals surface area contributed by atoms with Crippen LogP contribution >= 0.6 is 11.8 Å². The summed E-state index contributed by atoms with van der Waals surface area (Å²) in [5, 5.41) is 13.5. The number of hydrogen-bond donors (Lipinski definition) is 2. The van der Waals surface area contributed by atoms with Crippen LogP contribution in [0.15, 0.2) is 94.9 Å². The van der Waals surface area contributed by atoms with Crippen molar-refractivity contribution in [2.75, 3.05) is 5.75 Å². The van der Waals surface area contributed by atoms with E-state index in [2.05, 4.69) is 10.3 Å². The van der Waals surface area contributed by atoms with Crippen molar-refractivity contribution < 1.29 is 14.3 Å². The Morgan fingerprint density at radius 2 is 1.57 bits per heavy atom. The van der Waals surface area contributed by atoms with E-state index in [1.807, 2.05) is 60.7 Å². The molecule has 2 N–H and O–H groups in total. The zero-order valence-corrected chi connectivity index (χ0v) is 19.8. The van der Waals surface area contributed by atoms with Gasteiger partial charge in [0.25, 0.3) is 5.56 Å². The number of nitrogens with one attached hydrogen (secondary N) is 1. The summed E-state index contributed by atoms with van der Waals surface area (Å²) < 4.78 is 14.8. The standard InChI is InChI=1S/C27H24FN3O3S/c1-2-22-25(33)30-27(31(26(22)34)21-15-13-20(28)14-16-21)35-17-23(32)29-24(18-9-5-3-6-10-18)19-11-7-4-8-12-19/h3-16,24,33H,2,17H2,1H3,(H,29,32). The molecule has 178 valence electrons. The van der Waals surface area contributed by atoms with E-state index in [0.717, 1.165) is 22.9 Å². The number of benzene rings is 3. The molecule has 0 saturated heterocycles. The van der Waals surface area contributed by atoms with Gasteiger partial charge >= 0.3 is 0 Å². The Morgan fingerprint density at radius 1 is 1.00 bits per heavy atom. The summed E-state index contributed by atoms with van der Waals surface area (Å²) in [6, 6.07) is 24.3. The van der Waals surface area contributed by atoms with E-state index >= 15 is 0 Å². The van der Waals surface area contributed by atoms with E-state index in [1.165, 1.54) is 28.8 Å². The molecule has 8 heteroatoms. The molecule has 6 nitrogen and oxygen atoms in total. The van der Waals surface area contributed by atoms with Crippen LogP contribution in [0.5, 0.6) is 5.88 Å². The number of aromatic nitrogens is 2. The maximum Gasteiger partial charge on any atom is 0.265 e. The van der Waals surface area contributed by atoms with E-state index in [0.29, 0.717) is 5.69 Å². The molecule has 0 spiro atoms. The highest BCUT2D eigenvalue weighted by molar-refractivity contribution is 7.99. The van der Waals surface area contributed by atoms with Crippen LogP contribution in [0.1, 0.15) is 29.7 Å². The van der Waals surface area contributed by atoms with Gasteiger partial charge in [-0.05, 0) is 41.8 Å². The SMILES string of the molecule is CCc1c(O)nc(SCC(=O)NC(c2ccccc2)c2ccccc2)n(-c2ccc(F)cc2)c1=O. The number of aromatic hydroxyl groups is 1. The second-order valence-electron chi connectivity index (χ2n) is 7.78. The Hall–Kier alpha value is -3.91. The molecule has 0 saturated carbocycles. The third-order valence-corrected chi connectivity index (χ3v) is 6.40. The molecule has 0 aliphatic carbocycles. The Bertz CT molecular complexity index is 1320. The van der Waals surface area contributed by atoms with Crippen molar-refractivity contribution in [3.05, 3.63) is 118 Å². The molecule has 0 atom stereocenters. The molecule has 0 radical (unpaired) electrons. The third kappa shape index (κ3) is 5.60. The fraction of sp³-hybridized carbons (Fsp3) is 0.148. The normalized spacial score (nSPS) is 10.9. The third-order valence-electron chi connectivity index (χ3n) is 5.47. The number of nitrogens with zero attached hydrogens (tertiary/aromatic N) is 2. The van der Waals surface area contributed by atoms with Crippen LogP contribution < -0.4 is 10.9 Å². The van der Waals surface area contributed by atoms with Crippen molar-refractivity contribution in [3.63, 3.8) is 0 Å². The molecule has 35 heavy (non-hydrogen) atoms. The van der Waals surface area contributed by atoms with Gasteiger partial charge in [-0.1, -0.05) is 79.3 Å². The Balaban J connectivity index is 1.60.